The Labute approximate surface area is 114 Å². The first kappa shape index (κ1) is 12.3. The zero-order valence-electron chi connectivity index (χ0n) is 10.3. The fourth-order valence-electron chi connectivity index (χ4n) is 2.12. The number of aromatic nitrogens is 4. The lowest BCUT2D eigenvalue weighted by Crippen LogP contribution is -2.25. The third-order valence-electron chi connectivity index (χ3n) is 2.99. The largest absolute Gasteiger partial charge is 0.321 e. The Morgan fingerprint density at radius 3 is 3.11 bits per heavy atom. The average Bonchev–Trinajstić information content (AvgIpc) is 2.87. The van der Waals surface area contributed by atoms with E-state index in [4.69, 9.17) is 17.3 Å². The highest BCUT2D eigenvalue weighted by Gasteiger charge is 2.16. The number of fused-ring (bicyclic) bond motifs is 3. The van der Waals surface area contributed by atoms with E-state index in [0.29, 0.717) is 17.2 Å². The molecule has 6 nitrogen and oxygen atoms in total. The molecule has 7 heteroatoms. The summed E-state index contributed by atoms with van der Waals surface area (Å²) in [6.07, 6.45) is 1.64. The second kappa shape index (κ2) is 4.73. The van der Waals surface area contributed by atoms with Crippen LogP contribution in [0.4, 0.5) is 0 Å². The van der Waals surface area contributed by atoms with Crippen LogP contribution in [0.15, 0.2) is 24.5 Å². The molecule has 2 heterocycles. The number of rotatable bonds is 3. The highest BCUT2D eigenvalue weighted by Crippen LogP contribution is 2.22. The quantitative estimate of drug-likeness (QED) is 0.750. The van der Waals surface area contributed by atoms with E-state index < -0.39 is 0 Å². The van der Waals surface area contributed by atoms with Gasteiger partial charge in [-0.05, 0) is 25.2 Å². The zero-order chi connectivity index (χ0) is 13.4. The van der Waals surface area contributed by atoms with E-state index in [-0.39, 0.29) is 6.04 Å². The Morgan fingerprint density at radius 1 is 1.47 bits per heavy atom. The Bertz CT molecular complexity index is 737. The SMILES string of the molecule is CNCC(N)c1nc2ccc(Cl)cc2n2cnnc12. The van der Waals surface area contributed by atoms with Gasteiger partial charge in [-0.15, -0.1) is 10.2 Å². The molecule has 0 aliphatic rings. The van der Waals surface area contributed by atoms with Crippen LogP contribution in [-0.2, 0) is 0 Å². The molecular weight excluding hydrogens is 264 g/mol. The van der Waals surface area contributed by atoms with E-state index in [1.165, 1.54) is 0 Å². The van der Waals surface area contributed by atoms with Crippen LogP contribution in [-0.4, -0.2) is 33.2 Å². The van der Waals surface area contributed by atoms with Gasteiger partial charge in [-0.2, -0.15) is 0 Å². The number of nitrogens with one attached hydrogen (secondary N) is 1. The lowest BCUT2D eigenvalue weighted by Gasteiger charge is -2.12. The van der Waals surface area contributed by atoms with Crippen LogP contribution in [0.1, 0.15) is 11.7 Å². The smallest absolute Gasteiger partial charge is 0.184 e. The predicted octanol–water partition coefficient (Wildman–Crippen LogP) is 1.15. The topological polar surface area (TPSA) is 81.1 Å². The summed E-state index contributed by atoms with van der Waals surface area (Å²) in [5.74, 6) is 0. The summed E-state index contributed by atoms with van der Waals surface area (Å²) in [4.78, 5) is 4.59. The van der Waals surface area contributed by atoms with E-state index >= 15 is 0 Å². The van der Waals surface area contributed by atoms with E-state index in [2.05, 4.69) is 20.5 Å². The number of nitrogens with zero attached hydrogens (tertiary/aromatic N) is 4. The van der Waals surface area contributed by atoms with Crippen molar-refractivity contribution >= 4 is 28.3 Å². The zero-order valence-corrected chi connectivity index (χ0v) is 11.1. The van der Waals surface area contributed by atoms with Crippen LogP contribution in [0.2, 0.25) is 5.02 Å². The fraction of sp³-hybridized carbons (Fsp3) is 0.250. The fourth-order valence-corrected chi connectivity index (χ4v) is 2.28. The van der Waals surface area contributed by atoms with E-state index in [1.54, 1.807) is 12.4 Å². The van der Waals surface area contributed by atoms with Crippen molar-refractivity contribution in [3.05, 3.63) is 35.2 Å². The van der Waals surface area contributed by atoms with Crippen molar-refractivity contribution < 1.29 is 0 Å². The predicted molar refractivity (Wildman–Crippen MR) is 74.2 cm³/mol. The van der Waals surface area contributed by atoms with Gasteiger partial charge in [-0.1, -0.05) is 11.6 Å². The number of likely N-dealkylation sites (N-methyl/N-ethyl adjacent to an activating group) is 1. The molecule has 3 rings (SSSR count). The van der Waals surface area contributed by atoms with E-state index in [9.17, 15) is 0 Å². The standard InChI is InChI=1S/C12H13ClN6/c1-15-5-8(14)11-12-18-16-6-19(12)10-4-7(13)2-3-9(10)17-11/h2-4,6,8,15H,5,14H2,1H3. The van der Waals surface area contributed by atoms with Gasteiger partial charge < -0.3 is 11.1 Å². The van der Waals surface area contributed by atoms with Crippen molar-refractivity contribution in [2.75, 3.05) is 13.6 Å². The monoisotopic (exact) mass is 276 g/mol. The van der Waals surface area contributed by atoms with Gasteiger partial charge in [0.15, 0.2) is 5.65 Å². The maximum absolute atomic E-state index is 6.12. The molecule has 19 heavy (non-hydrogen) atoms. The lowest BCUT2D eigenvalue weighted by molar-refractivity contribution is 0.640. The maximum atomic E-state index is 6.12. The lowest BCUT2D eigenvalue weighted by atomic mass is 10.2. The van der Waals surface area contributed by atoms with Crippen molar-refractivity contribution in [3.63, 3.8) is 0 Å². The molecule has 0 radical (unpaired) electrons. The van der Waals surface area contributed by atoms with E-state index in [0.717, 1.165) is 16.7 Å². The maximum Gasteiger partial charge on any atom is 0.184 e. The van der Waals surface area contributed by atoms with Gasteiger partial charge in [0, 0.05) is 11.6 Å². The van der Waals surface area contributed by atoms with Crippen LogP contribution in [0.3, 0.4) is 0 Å². The molecule has 1 unspecified atom stereocenters. The molecule has 0 aliphatic heterocycles. The molecule has 2 aromatic heterocycles. The summed E-state index contributed by atoms with van der Waals surface area (Å²) in [7, 11) is 1.85. The van der Waals surface area contributed by atoms with Crippen LogP contribution in [0.25, 0.3) is 16.7 Å². The summed E-state index contributed by atoms with van der Waals surface area (Å²) in [5, 5.41) is 11.7. The Morgan fingerprint density at radius 2 is 2.32 bits per heavy atom. The van der Waals surface area contributed by atoms with Crippen LogP contribution < -0.4 is 11.1 Å². The second-order valence-electron chi connectivity index (χ2n) is 4.32. The van der Waals surface area contributed by atoms with E-state index in [1.807, 2.05) is 23.6 Å². The van der Waals surface area contributed by atoms with Crippen LogP contribution in [0, 0.1) is 0 Å². The highest BCUT2D eigenvalue weighted by molar-refractivity contribution is 6.31. The molecule has 1 aromatic carbocycles. The van der Waals surface area contributed by atoms with Gasteiger partial charge in [-0.25, -0.2) is 4.98 Å². The minimum atomic E-state index is -0.239. The first-order chi connectivity index (χ1) is 9.20. The summed E-state index contributed by atoms with van der Waals surface area (Å²) in [5.41, 5.74) is 9.19. The minimum absolute atomic E-state index is 0.239. The highest BCUT2D eigenvalue weighted by atomic mass is 35.5. The molecular formula is C12H13ClN6. The molecule has 0 bridgehead atoms. The summed E-state index contributed by atoms with van der Waals surface area (Å²) in [6.45, 7) is 0.620. The second-order valence-corrected chi connectivity index (χ2v) is 4.76. The molecule has 1 atom stereocenters. The third-order valence-corrected chi connectivity index (χ3v) is 3.23. The first-order valence-corrected chi connectivity index (χ1v) is 6.27. The molecule has 0 fully saturated rings. The van der Waals surface area contributed by atoms with Gasteiger partial charge in [0.1, 0.15) is 12.0 Å². The third kappa shape index (κ3) is 2.03. The van der Waals surface area contributed by atoms with Crippen molar-refractivity contribution in [2.24, 2.45) is 5.73 Å². The average molecular weight is 277 g/mol. The Kier molecular flexibility index (Phi) is 3.06. The molecule has 3 aromatic rings. The van der Waals surface area contributed by atoms with Crippen LogP contribution in [0.5, 0.6) is 0 Å². The van der Waals surface area contributed by atoms with Gasteiger partial charge in [0.2, 0.25) is 0 Å². The van der Waals surface area contributed by atoms with Gasteiger partial charge in [0.05, 0.1) is 17.1 Å². The van der Waals surface area contributed by atoms with Gasteiger partial charge in [-0.3, -0.25) is 4.40 Å². The molecule has 0 aliphatic carbocycles. The van der Waals surface area contributed by atoms with Crippen molar-refractivity contribution in [2.45, 2.75) is 6.04 Å². The molecule has 0 spiro atoms. The van der Waals surface area contributed by atoms with Gasteiger partial charge in [0.25, 0.3) is 0 Å². The normalized spacial score (nSPS) is 13.2. The summed E-state index contributed by atoms with van der Waals surface area (Å²) < 4.78 is 1.86. The molecule has 0 saturated heterocycles. The first-order valence-electron chi connectivity index (χ1n) is 5.90. The number of benzene rings is 1. The van der Waals surface area contributed by atoms with Gasteiger partial charge >= 0.3 is 0 Å². The molecule has 0 saturated carbocycles. The van der Waals surface area contributed by atoms with Crippen LogP contribution >= 0.6 is 11.6 Å². The molecule has 3 N–H and O–H groups in total. The Hall–Kier alpha value is -1.76. The Balaban J connectivity index is 2.32. The summed E-state index contributed by atoms with van der Waals surface area (Å²) >= 11 is 6.02. The number of halogens is 1. The number of nitrogens with two attached hydrogens (primary N) is 1. The number of hydrogen-bond acceptors (Lipinski definition) is 5. The summed E-state index contributed by atoms with van der Waals surface area (Å²) in [6, 6.07) is 5.28. The minimum Gasteiger partial charge on any atom is -0.321 e. The molecule has 98 valence electrons. The van der Waals surface area contributed by atoms with Crippen molar-refractivity contribution in [3.8, 4) is 0 Å². The number of hydrogen-bond donors (Lipinski definition) is 2. The van der Waals surface area contributed by atoms with Crippen molar-refractivity contribution in [1.29, 1.82) is 0 Å². The molecule has 0 amide bonds. The van der Waals surface area contributed by atoms with Crippen molar-refractivity contribution in [1.82, 2.24) is 24.9 Å².